The molecule has 0 aromatic carbocycles. The average Bonchev–Trinajstić information content (AvgIpc) is 3.71. The molecule has 27 heteroatoms. The first-order chi connectivity index (χ1) is 30.6. The third-order valence-electron chi connectivity index (χ3n) is 8.53. The maximum atomic E-state index is 11.1. The number of carboxylic acid groups (broad SMARTS) is 8. The van der Waals surface area contributed by atoms with E-state index in [0.29, 0.717) is 63.5 Å². The van der Waals surface area contributed by atoms with Crippen LogP contribution in [0.1, 0.15) is 117 Å². The van der Waals surface area contributed by atoms with Crippen molar-refractivity contribution in [2.24, 2.45) is 11.8 Å². The molecule has 4 atom stereocenters. The Morgan fingerprint density at radius 3 is 0.855 bits per heavy atom. The molecule has 0 saturated heterocycles. The molecule has 2 saturated carbocycles. The zero-order valence-electron chi connectivity index (χ0n) is 38.3. The van der Waals surface area contributed by atoms with Crippen molar-refractivity contribution in [2.45, 2.75) is 129 Å². The van der Waals surface area contributed by atoms with E-state index in [-0.39, 0.29) is 96.2 Å². The van der Waals surface area contributed by atoms with Gasteiger partial charge in [-0.2, -0.15) is 23.9 Å². The number of nitrogens with zero attached hydrogens (tertiary/aromatic N) is 2. The summed E-state index contributed by atoms with van der Waals surface area (Å²) in [5, 5.41) is 61.2. The zero-order chi connectivity index (χ0) is 51.9. The fourth-order valence-electron chi connectivity index (χ4n) is 5.16. The Labute approximate surface area is 428 Å². The Balaban J connectivity index is -0.000000133. The predicted molar refractivity (Wildman–Crippen MR) is 236 cm³/mol. The van der Waals surface area contributed by atoms with Crippen LogP contribution in [0.4, 0.5) is 0 Å². The van der Waals surface area contributed by atoms with Crippen molar-refractivity contribution in [1.29, 1.82) is 0 Å². The zero-order valence-corrected chi connectivity index (χ0v) is 42.8. The summed E-state index contributed by atoms with van der Waals surface area (Å²) in [4.78, 5) is 121. The van der Waals surface area contributed by atoms with Crippen molar-refractivity contribution >= 4 is 71.4 Å². The van der Waals surface area contributed by atoms with E-state index in [0.717, 1.165) is 26.7 Å². The first-order valence-corrected chi connectivity index (χ1v) is 20.5. The molecule has 0 bridgehead atoms. The maximum absolute atomic E-state index is 11.1. The molecular weight excluding hydrogens is 1290 g/mol. The predicted octanol–water partition coefficient (Wildman–Crippen LogP) is 3.64. The third-order valence-corrected chi connectivity index (χ3v) is 8.53. The van der Waals surface area contributed by atoms with Gasteiger partial charge in [0, 0.05) is 64.1 Å². The van der Waals surface area contributed by atoms with E-state index in [9.17, 15) is 28.8 Å². The number of hydrogen-bond donors (Lipinski definition) is 8. The summed E-state index contributed by atoms with van der Waals surface area (Å²) >= 11 is 0. The minimum Gasteiger partial charge on any atom is -0.677 e. The molecule has 0 unspecified atom stereocenters. The molecule has 400 valence electrons. The number of unbranched alkanes of at least 4 members (excludes halogenated alkanes) is 4. The molecule has 2 fully saturated rings. The summed E-state index contributed by atoms with van der Waals surface area (Å²) in [6.45, 7) is 10.7. The summed E-state index contributed by atoms with van der Waals surface area (Å²) in [6.07, 6.45) is 18.8. The number of rotatable bonds is 12. The Morgan fingerprint density at radius 2 is 0.696 bits per heavy atom. The van der Waals surface area contributed by atoms with Crippen molar-refractivity contribution in [3.05, 3.63) is 49.6 Å². The molecule has 0 spiro atoms. The van der Waals surface area contributed by atoms with Gasteiger partial charge in [-0.05, 0) is 25.7 Å². The molecular formula is C42H66N4O21Pt2. The average molecular weight is 1350 g/mol. The second-order valence-corrected chi connectivity index (χ2v) is 14.3. The van der Waals surface area contributed by atoms with Gasteiger partial charge in [0.1, 0.15) is 0 Å². The minimum atomic E-state index is -1.82. The van der Waals surface area contributed by atoms with Crippen molar-refractivity contribution in [1.82, 2.24) is 9.80 Å². The van der Waals surface area contributed by atoms with Gasteiger partial charge in [0.15, 0.2) is 0 Å². The number of amides is 4. The van der Waals surface area contributed by atoms with Crippen LogP contribution in [0.15, 0.2) is 24.3 Å². The van der Waals surface area contributed by atoms with Crippen LogP contribution in [-0.4, -0.2) is 153 Å². The number of aliphatic carboxylic acids is 8. The molecule has 0 aromatic heterocycles. The molecule has 0 radical (unpaired) electrons. The quantitative estimate of drug-likeness (QED) is 0.0598. The number of carboxylic acids is 8. The van der Waals surface area contributed by atoms with Gasteiger partial charge in [0.05, 0.1) is 0 Å². The van der Waals surface area contributed by atoms with Gasteiger partial charge in [-0.3, -0.25) is 48.2 Å². The van der Waals surface area contributed by atoms with Crippen molar-refractivity contribution < 1.29 is 146 Å². The maximum Gasteiger partial charge on any atom is 2.00 e. The van der Waals surface area contributed by atoms with E-state index >= 15 is 0 Å². The van der Waals surface area contributed by atoms with Crippen molar-refractivity contribution in [3.63, 3.8) is 0 Å². The van der Waals surface area contributed by atoms with Gasteiger partial charge in [-0.1, -0.05) is 64.2 Å². The Bertz CT molecular complexity index is 1460. The Hall–Kier alpha value is -5.22. The van der Waals surface area contributed by atoms with E-state index in [1.807, 2.05) is 0 Å². The molecule has 4 amide bonds. The van der Waals surface area contributed by atoms with Gasteiger partial charge in [0.25, 0.3) is 35.6 Å². The number of carbonyl (C=O) groups excluding carboxylic acids is 4. The molecule has 2 heterocycles. The van der Waals surface area contributed by atoms with Crippen LogP contribution in [0.2, 0.25) is 0 Å². The smallest absolute Gasteiger partial charge is 0.677 e. The molecule has 12 N–H and O–H groups in total. The number of nitrogens with one attached hydrogen (secondary N) is 2. The van der Waals surface area contributed by atoms with E-state index < -0.39 is 47.8 Å². The van der Waals surface area contributed by atoms with Crippen LogP contribution in [0.25, 0.3) is 11.5 Å². The molecule has 4 rings (SSSR count). The third kappa shape index (κ3) is 52.0. The number of hydrogen-bond acceptors (Lipinski definition) is 12. The van der Waals surface area contributed by atoms with Crippen LogP contribution < -0.4 is 0 Å². The topological polar surface area (TPSA) is 452 Å². The van der Waals surface area contributed by atoms with E-state index in [4.69, 9.17) is 81.1 Å². The SMILES string of the molecule is CC(=O)O.CC(=O)O.O.O=C(O)C(=O)O.O=C(O)C(=O)O.O=C(O)CCCCCN1C(=O)C=CC1=O.O=C(O)CCCCCN1C(=O)C=CC1=O.[CH2-][C@@H]1CCCC[C@H]1[NH-].[CH2-][C@@H]1CCCC[C@H]1[NH-].[Pt+2].[Pt+2]. The van der Waals surface area contributed by atoms with E-state index in [2.05, 4.69) is 13.8 Å². The van der Waals surface area contributed by atoms with Crippen LogP contribution >= 0.6 is 0 Å². The van der Waals surface area contributed by atoms with Crippen molar-refractivity contribution in [2.75, 3.05) is 13.1 Å². The monoisotopic (exact) mass is 1350 g/mol. The summed E-state index contributed by atoms with van der Waals surface area (Å²) in [5.74, 6) is -10.9. The molecule has 25 nitrogen and oxygen atoms in total. The normalized spacial score (nSPS) is 17.8. The number of imide groups is 2. The van der Waals surface area contributed by atoms with Crippen molar-refractivity contribution in [3.8, 4) is 0 Å². The molecule has 69 heavy (non-hydrogen) atoms. The summed E-state index contributed by atoms with van der Waals surface area (Å²) in [5.41, 5.74) is 14.8. The van der Waals surface area contributed by atoms with Crippen LogP contribution in [0.5, 0.6) is 0 Å². The van der Waals surface area contributed by atoms with E-state index in [1.54, 1.807) is 0 Å². The van der Waals surface area contributed by atoms with Crippen LogP contribution in [0, 0.1) is 25.7 Å². The van der Waals surface area contributed by atoms with Gasteiger partial charge in [-0.15, -0.1) is 0 Å². The van der Waals surface area contributed by atoms with Crippen LogP contribution in [-0.2, 0) is 99.7 Å². The molecule has 0 aromatic rings. The number of carbonyl (C=O) groups is 12. The summed E-state index contributed by atoms with van der Waals surface area (Å²) < 4.78 is 0. The second kappa shape index (κ2) is 47.8. The summed E-state index contributed by atoms with van der Waals surface area (Å²) in [7, 11) is 0. The largest absolute Gasteiger partial charge is 2.00 e. The fourth-order valence-corrected chi connectivity index (χ4v) is 5.16. The first-order valence-electron chi connectivity index (χ1n) is 20.5. The van der Waals surface area contributed by atoms with Gasteiger partial charge in [-0.25, -0.2) is 19.2 Å². The Morgan fingerprint density at radius 1 is 0.478 bits per heavy atom. The first kappa shape index (κ1) is 78.0. The van der Waals surface area contributed by atoms with Gasteiger partial charge < -0.3 is 71.6 Å². The molecule has 2 aliphatic heterocycles. The van der Waals surface area contributed by atoms with Gasteiger partial charge in [0.2, 0.25) is 0 Å². The fraction of sp³-hybridized carbons (Fsp3) is 0.571. The Kier molecular flexibility index (Phi) is 54.0. The second-order valence-electron chi connectivity index (χ2n) is 14.3. The molecule has 2 aliphatic carbocycles. The summed E-state index contributed by atoms with van der Waals surface area (Å²) in [6, 6.07) is 0.285. The standard InChI is InChI=1S/2C10H13NO4.2C7H13N.2C2H2O4.2C2H4O2.H2O.2Pt/c2*12-8-5-6-9(13)11(8)7-3-1-2-4-10(14)15;2*1-6-4-2-3-5-7(6)8;2*3-1(4)2(5)6;2*1-2(3)4;;;/h2*5-6H,1-4,7H2,(H,14,15);2*6-8H,1-5H2;2*(H,3,4)(H,5,6);2*1H3,(H,3,4);1H2;;/q;;2*-2;;;;;;2*+2/t;;2*6-,7-;;;;;;;/m..11......./s1. The molecule has 4 aliphatic rings. The van der Waals surface area contributed by atoms with Gasteiger partial charge >= 0.3 is 77.9 Å². The minimum absolute atomic E-state index is 0. The van der Waals surface area contributed by atoms with Crippen LogP contribution in [0.3, 0.4) is 0 Å². The van der Waals surface area contributed by atoms with E-state index in [1.165, 1.54) is 72.6 Å².